The van der Waals surface area contributed by atoms with Crippen LogP contribution in [0.25, 0.3) is 16.7 Å². The van der Waals surface area contributed by atoms with Crippen molar-refractivity contribution >= 4 is 40.4 Å². The third-order valence-electron chi connectivity index (χ3n) is 4.06. The summed E-state index contributed by atoms with van der Waals surface area (Å²) < 4.78 is 15.3. The van der Waals surface area contributed by atoms with Crippen molar-refractivity contribution in [1.82, 2.24) is 19.5 Å². The van der Waals surface area contributed by atoms with E-state index in [1.54, 1.807) is 4.57 Å². The number of nitrogens with two attached hydrogens (primary N) is 1. The number of nitrogen functional groups attached to an aromatic ring is 1. The lowest BCUT2D eigenvalue weighted by atomic mass is 9.98. The van der Waals surface area contributed by atoms with Crippen LogP contribution in [0.2, 0.25) is 5.28 Å². The first-order chi connectivity index (χ1) is 12.4. The molecule has 0 aliphatic heterocycles. The second kappa shape index (κ2) is 7.21. The molecule has 3 rings (SSSR count). The maximum atomic E-state index is 13.5. The SMILES string of the molecule is C=C(/C=C(/F)C=N)c1nc2c(N)nc(Cl)nc2n1CC1=CCC(C)C=C1. The van der Waals surface area contributed by atoms with E-state index in [4.69, 9.17) is 22.7 Å². The minimum atomic E-state index is -0.726. The molecule has 2 aromatic rings. The number of aromatic nitrogens is 4. The number of imidazole rings is 1. The number of anilines is 1. The first kappa shape index (κ1) is 18.0. The Morgan fingerprint density at radius 1 is 1.50 bits per heavy atom. The molecule has 0 fully saturated rings. The summed E-state index contributed by atoms with van der Waals surface area (Å²) in [5.74, 6) is 0.306. The fraction of sp³-hybridized carbons (Fsp3) is 0.222. The lowest BCUT2D eigenvalue weighted by molar-refractivity contribution is 0.685. The molecule has 3 N–H and O–H groups in total. The molecule has 134 valence electrons. The molecule has 2 heterocycles. The molecular formula is C18H18ClFN6. The molecule has 0 bridgehead atoms. The highest BCUT2D eigenvalue weighted by atomic mass is 35.5. The summed E-state index contributed by atoms with van der Waals surface area (Å²) in [6, 6.07) is 0. The molecule has 1 atom stereocenters. The average molecular weight is 373 g/mol. The van der Waals surface area contributed by atoms with Crippen molar-refractivity contribution in [2.75, 3.05) is 5.73 Å². The van der Waals surface area contributed by atoms with E-state index in [2.05, 4.69) is 40.6 Å². The second-order valence-corrected chi connectivity index (χ2v) is 6.46. The highest BCUT2D eigenvalue weighted by Gasteiger charge is 2.19. The Bertz CT molecular complexity index is 985. The minimum Gasteiger partial charge on any atom is -0.382 e. The Hall–Kier alpha value is -2.80. The summed E-state index contributed by atoms with van der Waals surface area (Å²) >= 11 is 5.96. The Kier molecular flexibility index (Phi) is 4.99. The normalized spacial score (nSPS) is 17.4. The van der Waals surface area contributed by atoms with Crippen molar-refractivity contribution in [1.29, 1.82) is 5.41 Å². The van der Waals surface area contributed by atoms with Crippen molar-refractivity contribution in [2.45, 2.75) is 19.9 Å². The zero-order valence-corrected chi connectivity index (χ0v) is 15.0. The van der Waals surface area contributed by atoms with Gasteiger partial charge in [-0.3, -0.25) is 0 Å². The van der Waals surface area contributed by atoms with Crippen LogP contribution in [0.4, 0.5) is 10.2 Å². The molecule has 2 aromatic heterocycles. The smallest absolute Gasteiger partial charge is 0.226 e. The molecule has 6 nitrogen and oxygen atoms in total. The van der Waals surface area contributed by atoms with Gasteiger partial charge in [-0.25, -0.2) is 9.37 Å². The Balaban J connectivity index is 2.14. The number of allylic oxidation sites excluding steroid dienone is 7. The molecule has 1 unspecified atom stereocenters. The van der Waals surface area contributed by atoms with Gasteiger partial charge in [-0.1, -0.05) is 31.7 Å². The predicted octanol–water partition coefficient (Wildman–Crippen LogP) is 4.10. The Morgan fingerprint density at radius 3 is 2.92 bits per heavy atom. The zero-order chi connectivity index (χ0) is 18.8. The number of halogens is 2. The summed E-state index contributed by atoms with van der Waals surface area (Å²) in [7, 11) is 0. The van der Waals surface area contributed by atoms with Crippen LogP contribution in [-0.4, -0.2) is 25.7 Å². The minimum absolute atomic E-state index is 0.0105. The van der Waals surface area contributed by atoms with Gasteiger partial charge in [-0.2, -0.15) is 9.97 Å². The van der Waals surface area contributed by atoms with Gasteiger partial charge in [0.1, 0.15) is 11.7 Å². The fourth-order valence-corrected chi connectivity index (χ4v) is 2.90. The third-order valence-corrected chi connectivity index (χ3v) is 4.23. The lowest BCUT2D eigenvalue weighted by Crippen LogP contribution is -2.08. The quantitative estimate of drug-likeness (QED) is 0.469. The number of nitrogens with one attached hydrogen (secondary N) is 1. The molecule has 0 spiro atoms. The predicted molar refractivity (Wildman–Crippen MR) is 103 cm³/mol. The summed E-state index contributed by atoms with van der Waals surface area (Å²) in [5, 5.41) is 7.01. The highest BCUT2D eigenvalue weighted by Crippen LogP contribution is 2.27. The molecule has 8 heteroatoms. The molecule has 0 saturated heterocycles. The van der Waals surface area contributed by atoms with Crippen LogP contribution in [-0.2, 0) is 6.54 Å². The van der Waals surface area contributed by atoms with E-state index in [0.29, 0.717) is 41.2 Å². The van der Waals surface area contributed by atoms with E-state index in [1.165, 1.54) is 0 Å². The highest BCUT2D eigenvalue weighted by molar-refractivity contribution is 6.28. The maximum absolute atomic E-state index is 13.5. The van der Waals surface area contributed by atoms with E-state index in [0.717, 1.165) is 18.1 Å². The van der Waals surface area contributed by atoms with Gasteiger partial charge in [0.05, 0.1) is 12.8 Å². The largest absolute Gasteiger partial charge is 0.382 e. The van der Waals surface area contributed by atoms with Crippen molar-refractivity contribution in [3.8, 4) is 0 Å². The molecule has 0 amide bonds. The van der Waals surface area contributed by atoms with Crippen LogP contribution in [0, 0.1) is 11.3 Å². The van der Waals surface area contributed by atoms with Crippen LogP contribution in [0.1, 0.15) is 19.2 Å². The van der Waals surface area contributed by atoms with E-state index in [9.17, 15) is 4.39 Å². The summed E-state index contributed by atoms with van der Waals surface area (Å²) in [4.78, 5) is 12.6. The summed E-state index contributed by atoms with van der Waals surface area (Å²) in [5.41, 5.74) is 8.12. The maximum Gasteiger partial charge on any atom is 0.226 e. The van der Waals surface area contributed by atoms with Gasteiger partial charge in [-0.15, -0.1) is 0 Å². The van der Waals surface area contributed by atoms with E-state index in [1.807, 2.05) is 6.08 Å². The fourth-order valence-electron chi connectivity index (χ4n) is 2.73. The number of hydrogen-bond donors (Lipinski definition) is 2. The molecule has 1 aliphatic rings. The van der Waals surface area contributed by atoms with E-state index >= 15 is 0 Å². The van der Waals surface area contributed by atoms with Crippen LogP contribution < -0.4 is 5.73 Å². The van der Waals surface area contributed by atoms with Crippen LogP contribution in [0.5, 0.6) is 0 Å². The number of nitrogens with zero attached hydrogens (tertiary/aromatic N) is 4. The van der Waals surface area contributed by atoms with Gasteiger partial charge < -0.3 is 15.7 Å². The number of rotatable bonds is 5. The van der Waals surface area contributed by atoms with Gasteiger partial charge in [0.2, 0.25) is 5.28 Å². The van der Waals surface area contributed by atoms with Gasteiger partial charge in [-0.05, 0) is 35.6 Å². The van der Waals surface area contributed by atoms with Crippen LogP contribution in [0.3, 0.4) is 0 Å². The monoisotopic (exact) mass is 372 g/mol. The standard InChI is InChI=1S/C18H18ClFN6/c1-10-3-5-12(6-4-10)9-26-16(11(2)7-13(20)8-21)23-14-15(22)24-18(19)25-17(14)26/h3,5-8,10,21H,2,4,9H2,1H3,(H2,22,24,25)/b13-7+,21-8?. The number of fused-ring (bicyclic) bond motifs is 1. The van der Waals surface area contributed by atoms with Crippen LogP contribution in [0.15, 0.2) is 42.3 Å². The van der Waals surface area contributed by atoms with Gasteiger partial charge >= 0.3 is 0 Å². The van der Waals surface area contributed by atoms with Gasteiger partial charge in [0, 0.05) is 5.57 Å². The molecule has 0 saturated carbocycles. The van der Waals surface area contributed by atoms with Gasteiger partial charge in [0.15, 0.2) is 17.0 Å². The Labute approximate surface area is 155 Å². The molecule has 26 heavy (non-hydrogen) atoms. The summed E-state index contributed by atoms with van der Waals surface area (Å²) in [6.45, 7) is 6.46. The number of hydrogen-bond acceptors (Lipinski definition) is 5. The topological polar surface area (TPSA) is 93.5 Å². The second-order valence-electron chi connectivity index (χ2n) is 6.12. The molecule has 0 radical (unpaired) electrons. The lowest BCUT2D eigenvalue weighted by Gasteiger charge is -2.14. The van der Waals surface area contributed by atoms with Crippen molar-refractivity contribution in [3.05, 3.63) is 53.4 Å². The molecular weight excluding hydrogens is 355 g/mol. The van der Waals surface area contributed by atoms with Crippen molar-refractivity contribution in [2.24, 2.45) is 5.92 Å². The first-order valence-corrected chi connectivity index (χ1v) is 8.40. The zero-order valence-electron chi connectivity index (χ0n) is 14.2. The Morgan fingerprint density at radius 2 is 2.27 bits per heavy atom. The molecule has 1 aliphatic carbocycles. The van der Waals surface area contributed by atoms with Gasteiger partial charge in [0.25, 0.3) is 0 Å². The molecule has 0 aromatic carbocycles. The third kappa shape index (κ3) is 3.57. The van der Waals surface area contributed by atoms with E-state index < -0.39 is 5.83 Å². The van der Waals surface area contributed by atoms with Crippen LogP contribution >= 0.6 is 11.6 Å². The van der Waals surface area contributed by atoms with Crippen molar-refractivity contribution < 1.29 is 4.39 Å². The first-order valence-electron chi connectivity index (χ1n) is 8.02. The summed E-state index contributed by atoms with van der Waals surface area (Å²) in [6.07, 6.45) is 9.01. The van der Waals surface area contributed by atoms with E-state index in [-0.39, 0.29) is 11.1 Å². The average Bonchev–Trinajstić information content (AvgIpc) is 2.95. The van der Waals surface area contributed by atoms with Crippen molar-refractivity contribution in [3.63, 3.8) is 0 Å².